The minimum Gasteiger partial charge on any atom is -0.385 e. The Bertz CT molecular complexity index is 692. The highest BCUT2D eigenvalue weighted by Crippen LogP contribution is 2.67. The number of hydrogen-bond acceptors (Lipinski definition) is 2. The van der Waals surface area contributed by atoms with Gasteiger partial charge in [0.2, 0.25) is 0 Å². The van der Waals surface area contributed by atoms with Gasteiger partial charge in [-0.15, -0.1) is 0 Å². The van der Waals surface area contributed by atoms with Gasteiger partial charge < -0.3 is 10.6 Å². The third-order valence-corrected chi connectivity index (χ3v) is 7.82. The first-order valence-corrected chi connectivity index (χ1v) is 11.3. The molecule has 2 nitrogen and oxygen atoms in total. The van der Waals surface area contributed by atoms with E-state index in [1.165, 1.54) is 62.7 Å². The van der Waals surface area contributed by atoms with E-state index >= 15 is 0 Å². The molecular formula is C26H34N2. The van der Waals surface area contributed by atoms with Gasteiger partial charge in [-0.1, -0.05) is 36.4 Å². The van der Waals surface area contributed by atoms with Crippen LogP contribution in [0, 0.1) is 22.7 Å². The maximum absolute atomic E-state index is 3.68. The molecule has 0 radical (unpaired) electrons. The standard InChI is InChI=1S/C26H34N2/c1-3-7-23(8-4-1)27-13-11-25-16-21-15-22(17-25)19-26(18-21,20-25)12-14-28-24-9-5-2-6-10-24/h1-10,21-22,27-28H,11-20H2. The molecule has 0 saturated heterocycles. The monoisotopic (exact) mass is 374 g/mol. The van der Waals surface area contributed by atoms with Gasteiger partial charge in [-0.25, -0.2) is 0 Å². The highest BCUT2D eigenvalue weighted by molar-refractivity contribution is 5.43. The van der Waals surface area contributed by atoms with Crippen molar-refractivity contribution < 1.29 is 0 Å². The molecule has 148 valence electrons. The molecule has 0 spiro atoms. The number of benzene rings is 2. The van der Waals surface area contributed by atoms with Gasteiger partial charge in [0.1, 0.15) is 0 Å². The van der Waals surface area contributed by atoms with Crippen LogP contribution in [0.25, 0.3) is 0 Å². The predicted octanol–water partition coefficient (Wildman–Crippen LogP) is 6.58. The summed E-state index contributed by atoms with van der Waals surface area (Å²) in [6.45, 7) is 2.25. The number of nitrogens with one attached hydrogen (secondary N) is 2. The van der Waals surface area contributed by atoms with Gasteiger partial charge >= 0.3 is 0 Å². The lowest BCUT2D eigenvalue weighted by Crippen LogP contribution is -2.52. The Morgan fingerprint density at radius 1 is 0.643 bits per heavy atom. The molecule has 0 heterocycles. The van der Waals surface area contributed by atoms with E-state index in [1.54, 1.807) is 0 Å². The van der Waals surface area contributed by atoms with Crippen molar-refractivity contribution in [1.29, 1.82) is 0 Å². The van der Waals surface area contributed by atoms with Crippen LogP contribution in [0.1, 0.15) is 51.4 Å². The third-order valence-electron chi connectivity index (χ3n) is 7.82. The highest BCUT2D eigenvalue weighted by atomic mass is 14.9. The molecule has 2 heteroatoms. The SMILES string of the molecule is c1ccc(NCCC23CC4CC(C2)CC(CCNc2ccccc2)(C4)C3)cc1. The van der Waals surface area contributed by atoms with E-state index in [4.69, 9.17) is 0 Å². The van der Waals surface area contributed by atoms with Gasteiger partial charge in [-0.3, -0.25) is 0 Å². The first-order valence-electron chi connectivity index (χ1n) is 11.3. The second kappa shape index (κ2) is 7.46. The van der Waals surface area contributed by atoms with Crippen molar-refractivity contribution in [3.8, 4) is 0 Å². The van der Waals surface area contributed by atoms with Gasteiger partial charge in [0.25, 0.3) is 0 Å². The summed E-state index contributed by atoms with van der Waals surface area (Å²) in [6.07, 6.45) is 11.7. The lowest BCUT2D eigenvalue weighted by Gasteiger charge is -2.62. The molecule has 0 amide bonds. The van der Waals surface area contributed by atoms with E-state index in [-0.39, 0.29) is 0 Å². The molecule has 28 heavy (non-hydrogen) atoms. The zero-order valence-electron chi connectivity index (χ0n) is 17.0. The topological polar surface area (TPSA) is 24.1 Å². The van der Waals surface area contributed by atoms with Crippen LogP contribution in [0.15, 0.2) is 60.7 Å². The summed E-state index contributed by atoms with van der Waals surface area (Å²) in [4.78, 5) is 0. The second-order valence-corrected chi connectivity index (χ2v) is 10.0. The molecule has 4 bridgehead atoms. The first-order chi connectivity index (χ1) is 13.7. The van der Waals surface area contributed by atoms with Crippen molar-refractivity contribution >= 4 is 11.4 Å². The normalized spacial score (nSPS) is 33.0. The Hall–Kier alpha value is -1.96. The lowest BCUT2D eigenvalue weighted by molar-refractivity contribution is -0.114. The minimum atomic E-state index is 0.610. The van der Waals surface area contributed by atoms with Crippen LogP contribution in [0.3, 0.4) is 0 Å². The Labute approximate surface area is 170 Å². The van der Waals surface area contributed by atoms with E-state index in [9.17, 15) is 0 Å². The van der Waals surface area contributed by atoms with Crippen LogP contribution in [0.2, 0.25) is 0 Å². The van der Waals surface area contributed by atoms with Crippen LogP contribution in [0.5, 0.6) is 0 Å². The van der Waals surface area contributed by atoms with Gasteiger partial charge in [0.05, 0.1) is 0 Å². The molecule has 2 N–H and O–H groups in total. The average molecular weight is 375 g/mol. The average Bonchev–Trinajstić information content (AvgIpc) is 2.68. The van der Waals surface area contributed by atoms with Gasteiger partial charge in [-0.05, 0) is 98.3 Å². The van der Waals surface area contributed by atoms with Gasteiger partial charge in [-0.2, -0.15) is 0 Å². The van der Waals surface area contributed by atoms with E-state index in [2.05, 4.69) is 71.3 Å². The summed E-state index contributed by atoms with van der Waals surface area (Å²) < 4.78 is 0. The largest absolute Gasteiger partial charge is 0.385 e. The second-order valence-electron chi connectivity index (χ2n) is 10.0. The van der Waals surface area contributed by atoms with Crippen LogP contribution >= 0.6 is 0 Å². The fraction of sp³-hybridized carbons (Fsp3) is 0.538. The number of para-hydroxylation sites is 2. The van der Waals surface area contributed by atoms with Crippen LogP contribution in [0.4, 0.5) is 11.4 Å². The Morgan fingerprint density at radius 3 is 1.50 bits per heavy atom. The molecule has 4 fully saturated rings. The lowest BCUT2D eigenvalue weighted by atomic mass is 9.43. The zero-order chi connectivity index (χ0) is 18.9. The fourth-order valence-electron chi connectivity index (χ4n) is 7.29. The van der Waals surface area contributed by atoms with Crippen LogP contribution in [-0.4, -0.2) is 13.1 Å². The molecule has 2 aromatic rings. The Kier molecular flexibility index (Phi) is 4.82. The van der Waals surface area contributed by atoms with Crippen molar-refractivity contribution in [3.63, 3.8) is 0 Å². The van der Waals surface area contributed by atoms with Crippen LogP contribution < -0.4 is 10.6 Å². The predicted molar refractivity (Wildman–Crippen MR) is 119 cm³/mol. The van der Waals surface area contributed by atoms with Gasteiger partial charge in [0.15, 0.2) is 0 Å². The van der Waals surface area contributed by atoms with Gasteiger partial charge in [0, 0.05) is 24.5 Å². The maximum atomic E-state index is 3.68. The summed E-state index contributed by atoms with van der Waals surface area (Å²) in [5.41, 5.74) is 3.76. The minimum absolute atomic E-state index is 0.610. The van der Waals surface area contributed by atoms with E-state index in [0.717, 1.165) is 24.9 Å². The molecule has 4 aliphatic carbocycles. The quantitative estimate of drug-likeness (QED) is 0.545. The molecular weight excluding hydrogens is 340 g/mol. The molecule has 0 aliphatic heterocycles. The molecule has 0 aromatic heterocycles. The zero-order valence-corrected chi connectivity index (χ0v) is 17.0. The summed E-state index contributed by atoms with van der Waals surface area (Å²) in [5, 5.41) is 7.37. The van der Waals surface area contributed by atoms with Crippen molar-refractivity contribution in [2.24, 2.45) is 22.7 Å². The number of anilines is 2. The van der Waals surface area contributed by atoms with E-state index in [1.807, 2.05) is 0 Å². The van der Waals surface area contributed by atoms with Crippen molar-refractivity contribution in [2.75, 3.05) is 23.7 Å². The molecule has 6 rings (SSSR count). The molecule has 2 aromatic carbocycles. The number of hydrogen-bond donors (Lipinski definition) is 2. The van der Waals surface area contributed by atoms with E-state index in [0.29, 0.717) is 10.8 Å². The maximum Gasteiger partial charge on any atom is 0.0340 e. The molecule has 0 unspecified atom stereocenters. The summed E-state index contributed by atoms with van der Waals surface area (Å²) in [5.74, 6) is 1.99. The van der Waals surface area contributed by atoms with Crippen LogP contribution in [-0.2, 0) is 0 Å². The Morgan fingerprint density at radius 2 is 1.07 bits per heavy atom. The molecule has 4 saturated carbocycles. The molecule has 0 atom stereocenters. The highest BCUT2D eigenvalue weighted by Gasteiger charge is 2.56. The number of rotatable bonds is 8. The van der Waals surface area contributed by atoms with Crippen molar-refractivity contribution in [1.82, 2.24) is 0 Å². The molecule has 4 aliphatic rings. The summed E-state index contributed by atoms with van der Waals surface area (Å²) in [6, 6.07) is 21.5. The summed E-state index contributed by atoms with van der Waals surface area (Å²) >= 11 is 0. The van der Waals surface area contributed by atoms with Crippen molar-refractivity contribution in [3.05, 3.63) is 60.7 Å². The first kappa shape index (κ1) is 18.1. The summed E-state index contributed by atoms with van der Waals surface area (Å²) in [7, 11) is 0. The van der Waals surface area contributed by atoms with E-state index < -0.39 is 0 Å². The fourth-order valence-corrected chi connectivity index (χ4v) is 7.29. The van der Waals surface area contributed by atoms with Crippen molar-refractivity contribution in [2.45, 2.75) is 51.4 Å². The third kappa shape index (κ3) is 3.79. The smallest absolute Gasteiger partial charge is 0.0340 e. The Balaban J connectivity index is 1.21.